The average Bonchev–Trinajstić information content (AvgIpc) is 1.63. The van der Waals surface area contributed by atoms with E-state index in [9.17, 15) is 0 Å². The van der Waals surface area contributed by atoms with Crippen molar-refractivity contribution < 1.29 is 0 Å². The Morgan fingerprint density at radius 2 is 2.11 bits per heavy atom. The average molecular weight is 126 g/mol. The molecule has 2 heteroatoms. The monoisotopic (exact) mass is 126 g/mol. The first-order valence-electron chi connectivity index (χ1n) is 3.08. The minimum atomic E-state index is 0.501. The van der Waals surface area contributed by atoms with Crippen LogP contribution in [-0.2, 0) is 0 Å². The summed E-state index contributed by atoms with van der Waals surface area (Å²) in [6.07, 6.45) is 3.51. The Labute approximate surface area is 56.5 Å². The summed E-state index contributed by atoms with van der Waals surface area (Å²) < 4.78 is 0. The van der Waals surface area contributed by atoms with Crippen molar-refractivity contribution in [3.05, 3.63) is 11.9 Å². The maximum atomic E-state index is 5.33. The van der Waals surface area contributed by atoms with Crippen LogP contribution in [0.1, 0.15) is 20.8 Å². The Balaban J connectivity index is 3.60. The normalized spacial score (nSPS) is 13.6. The predicted molar refractivity (Wildman–Crippen MR) is 41.3 cm³/mol. The second-order valence-electron chi connectivity index (χ2n) is 2.42. The molecule has 9 heavy (non-hydrogen) atoms. The highest BCUT2D eigenvalue weighted by Gasteiger charge is 1.80. The maximum absolute atomic E-state index is 5.33. The van der Waals surface area contributed by atoms with Crippen LogP contribution in [0, 0.1) is 5.92 Å². The summed E-state index contributed by atoms with van der Waals surface area (Å²) in [5.74, 6) is 0.501. The Morgan fingerprint density at radius 1 is 1.56 bits per heavy atom. The molecule has 0 amide bonds. The van der Waals surface area contributed by atoms with Crippen LogP contribution in [0.3, 0.4) is 0 Å². The molecule has 0 aromatic carbocycles. The van der Waals surface area contributed by atoms with Gasteiger partial charge in [0.2, 0.25) is 0 Å². The summed E-state index contributed by atoms with van der Waals surface area (Å²) in [6.45, 7) is 5.96. The SMILES string of the molecule is C/C(N)=C/N=C\C(C)C. The van der Waals surface area contributed by atoms with Crippen molar-refractivity contribution in [2.45, 2.75) is 20.8 Å². The van der Waals surface area contributed by atoms with Gasteiger partial charge >= 0.3 is 0 Å². The number of aliphatic imine (C=N–C) groups is 1. The Hall–Kier alpha value is -0.790. The molecule has 52 valence electrons. The fourth-order valence-electron chi connectivity index (χ4n) is 0.333. The molecule has 0 radical (unpaired) electrons. The van der Waals surface area contributed by atoms with Crippen molar-refractivity contribution in [2.24, 2.45) is 16.6 Å². The van der Waals surface area contributed by atoms with Crippen LogP contribution in [0.5, 0.6) is 0 Å². The molecule has 0 saturated carbocycles. The lowest BCUT2D eigenvalue weighted by atomic mass is 10.2. The Kier molecular flexibility index (Phi) is 3.76. The van der Waals surface area contributed by atoms with Crippen molar-refractivity contribution in [1.29, 1.82) is 0 Å². The van der Waals surface area contributed by atoms with E-state index in [0.29, 0.717) is 5.92 Å². The van der Waals surface area contributed by atoms with E-state index in [1.54, 1.807) is 6.20 Å². The van der Waals surface area contributed by atoms with Gasteiger partial charge in [-0.05, 0) is 12.8 Å². The highest BCUT2D eigenvalue weighted by atomic mass is 14.7. The predicted octanol–water partition coefficient (Wildman–Crippen LogP) is 1.53. The van der Waals surface area contributed by atoms with Gasteiger partial charge in [-0.25, -0.2) is 0 Å². The van der Waals surface area contributed by atoms with Gasteiger partial charge in [0.05, 0.1) is 0 Å². The van der Waals surface area contributed by atoms with Gasteiger partial charge in [-0.15, -0.1) is 0 Å². The molecule has 0 aliphatic rings. The number of hydrogen-bond donors (Lipinski definition) is 1. The Bertz CT molecular complexity index is 119. The quantitative estimate of drug-likeness (QED) is 0.560. The highest BCUT2D eigenvalue weighted by molar-refractivity contribution is 5.60. The topological polar surface area (TPSA) is 38.4 Å². The summed E-state index contributed by atoms with van der Waals surface area (Å²) in [5.41, 5.74) is 6.07. The van der Waals surface area contributed by atoms with E-state index in [4.69, 9.17) is 5.73 Å². The molecule has 0 bridgehead atoms. The minimum Gasteiger partial charge on any atom is -0.401 e. The first-order chi connectivity index (χ1) is 4.13. The first-order valence-corrected chi connectivity index (χ1v) is 3.08. The lowest BCUT2D eigenvalue weighted by Gasteiger charge is -1.89. The van der Waals surface area contributed by atoms with Gasteiger partial charge < -0.3 is 5.73 Å². The van der Waals surface area contributed by atoms with Gasteiger partial charge in [0.15, 0.2) is 0 Å². The second-order valence-corrected chi connectivity index (χ2v) is 2.42. The van der Waals surface area contributed by atoms with Crippen LogP contribution >= 0.6 is 0 Å². The zero-order valence-electron chi connectivity index (χ0n) is 6.26. The second kappa shape index (κ2) is 4.13. The third-order valence-corrected chi connectivity index (χ3v) is 0.662. The number of allylic oxidation sites excluding steroid dienone is 1. The molecule has 0 aromatic heterocycles. The number of hydrogen-bond acceptors (Lipinski definition) is 2. The number of rotatable bonds is 2. The summed E-state index contributed by atoms with van der Waals surface area (Å²) in [6, 6.07) is 0. The fourth-order valence-corrected chi connectivity index (χ4v) is 0.333. The van der Waals surface area contributed by atoms with Crippen LogP contribution in [0.15, 0.2) is 16.9 Å². The smallest absolute Gasteiger partial charge is 0.0448 e. The van der Waals surface area contributed by atoms with Gasteiger partial charge in [0.1, 0.15) is 0 Å². The van der Waals surface area contributed by atoms with Crippen molar-refractivity contribution in [3.63, 3.8) is 0 Å². The van der Waals surface area contributed by atoms with Gasteiger partial charge in [-0.2, -0.15) is 0 Å². The molecular weight excluding hydrogens is 112 g/mol. The van der Waals surface area contributed by atoms with E-state index < -0.39 is 0 Å². The van der Waals surface area contributed by atoms with Crippen LogP contribution < -0.4 is 5.73 Å². The van der Waals surface area contributed by atoms with Crippen molar-refractivity contribution in [1.82, 2.24) is 0 Å². The van der Waals surface area contributed by atoms with E-state index in [1.807, 2.05) is 13.1 Å². The molecule has 0 heterocycles. The largest absolute Gasteiger partial charge is 0.401 e. The molecule has 2 nitrogen and oxygen atoms in total. The van der Waals surface area contributed by atoms with Gasteiger partial charge in [-0.3, -0.25) is 4.99 Å². The number of nitrogens with two attached hydrogens (primary N) is 1. The minimum absolute atomic E-state index is 0.501. The summed E-state index contributed by atoms with van der Waals surface area (Å²) >= 11 is 0. The van der Waals surface area contributed by atoms with Gasteiger partial charge in [-0.1, -0.05) is 13.8 Å². The van der Waals surface area contributed by atoms with E-state index in [2.05, 4.69) is 18.8 Å². The molecule has 0 rings (SSSR count). The summed E-state index contributed by atoms with van der Waals surface area (Å²) in [5, 5.41) is 0. The molecule has 0 spiro atoms. The van der Waals surface area contributed by atoms with E-state index in [0.717, 1.165) is 5.70 Å². The maximum Gasteiger partial charge on any atom is 0.0448 e. The molecule has 0 aliphatic carbocycles. The molecule has 0 aliphatic heterocycles. The number of nitrogens with zero attached hydrogens (tertiary/aromatic N) is 1. The van der Waals surface area contributed by atoms with Crippen molar-refractivity contribution in [3.8, 4) is 0 Å². The van der Waals surface area contributed by atoms with E-state index in [1.165, 1.54) is 0 Å². The first kappa shape index (κ1) is 8.21. The van der Waals surface area contributed by atoms with Crippen molar-refractivity contribution in [2.75, 3.05) is 0 Å². The molecule has 0 atom stereocenters. The highest BCUT2D eigenvalue weighted by Crippen LogP contribution is 1.86. The zero-order valence-corrected chi connectivity index (χ0v) is 6.26. The van der Waals surface area contributed by atoms with Crippen LogP contribution in [0.2, 0.25) is 0 Å². The molecule has 2 N–H and O–H groups in total. The molecule has 0 saturated heterocycles. The summed E-state index contributed by atoms with van der Waals surface area (Å²) in [4.78, 5) is 3.96. The molecule has 0 unspecified atom stereocenters. The Morgan fingerprint density at radius 3 is 2.44 bits per heavy atom. The third kappa shape index (κ3) is 7.21. The van der Waals surface area contributed by atoms with E-state index in [-0.39, 0.29) is 0 Å². The third-order valence-electron chi connectivity index (χ3n) is 0.662. The van der Waals surface area contributed by atoms with Gasteiger partial charge in [0.25, 0.3) is 0 Å². The van der Waals surface area contributed by atoms with Gasteiger partial charge in [0, 0.05) is 18.1 Å². The van der Waals surface area contributed by atoms with Crippen molar-refractivity contribution >= 4 is 6.21 Å². The standard InChI is InChI=1S/C7H14N2/c1-6(2)4-9-5-7(3)8/h4-6H,8H2,1-3H3/b7-5-,9-4-. The molecule has 0 aromatic rings. The summed E-state index contributed by atoms with van der Waals surface area (Å²) in [7, 11) is 0. The lowest BCUT2D eigenvalue weighted by molar-refractivity contribution is 0.906. The molecular formula is C7H14N2. The van der Waals surface area contributed by atoms with Crippen LogP contribution in [-0.4, -0.2) is 6.21 Å². The fraction of sp³-hybridized carbons (Fsp3) is 0.571. The van der Waals surface area contributed by atoms with E-state index >= 15 is 0 Å². The molecule has 0 fully saturated rings. The van der Waals surface area contributed by atoms with Crippen LogP contribution in [0.25, 0.3) is 0 Å². The lowest BCUT2D eigenvalue weighted by Crippen LogP contribution is -1.90. The zero-order chi connectivity index (χ0) is 7.28. The van der Waals surface area contributed by atoms with Crippen LogP contribution in [0.4, 0.5) is 0 Å².